The van der Waals surface area contributed by atoms with Crippen molar-refractivity contribution in [3.8, 4) is 5.75 Å². The first kappa shape index (κ1) is 23.2. The number of aromatic hydroxyl groups is 1. The van der Waals surface area contributed by atoms with E-state index in [2.05, 4.69) is 15.4 Å². The van der Waals surface area contributed by atoms with Crippen LogP contribution in [0, 0.1) is 0 Å². The minimum atomic E-state index is -1.29. The molecule has 156 valence electrons. The Labute approximate surface area is 164 Å². The van der Waals surface area contributed by atoms with Crippen molar-refractivity contribution in [2.24, 2.45) is 0 Å². The second-order valence-corrected chi connectivity index (χ2v) is 7.32. The van der Waals surface area contributed by atoms with Crippen LogP contribution < -0.4 is 10.6 Å². The molecule has 0 aliphatic carbocycles. The number of carbonyl (C=O) groups excluding carboxylic acids is 3. The van der Waals surface area contributed by atoms with E-state index in [-0.39, 0.29) is 12.2 Å². The number of aliphatic hydroxyl groups is 1. The first-order valence-electron chi connectivity index (χ1n) is 8.76. The van der Waals surface area contributed by atoms with E-state index in [0.717, 1.165) is 7.11 Å². The SMILES string of the molecule is COC(=O)[C@@H](NC(=O)[C@H](Cc1ccc(O)cc1)NC(=O)OC(C)(C)C)[C@@H](C)O. The number of hydrogen-bond acceptors (Lipinski definition) is 7. The Morgan fingerprint density at radius 3 is 2.14 bits per heavy atom. The molecule has 0 fully saturated rings. The zero-order valence-corrected chi connectivity index (χ0v) is 16.7. The molecule has 0 unspecified atom stereocenters. The van der Waals surface area contributed by atoms with Crippen molar-refractivity contribution >= 4 is 18.0 Å². The van der Waals surface area contributed by atoms with Crippen molar-refractivity contribution in [1.29, 1.82) is 0 Å². The molecule has 0 aromatic heterocycles. The third-order valence-corrected chi connectivity index (χ3v) is 3.62. The maximum absolute atomic E-state index is 12.7. The number of benzene rings is 1. The molecule has 1 aromatic rings. The fraction of sp³-hybridized carbons (Fsp3) is 0.526. The van der Waals surface area contributed by atoms with Gasteiger partial charge in [0.05, 0.1) is 13.2 Å². The average Bonchev–Trinajstić information content (AvgIpc) is 2.58. The number of nitrogens with one attached hydrogen (secondary N) is 2. The lowest BCUT2D eigenvalue weighted by Crippen LogP contribution is -2.56. The molecular formula is C19H28N2O7. The van der Waals surface area contributed by atoms with Crippen LogP contribution in [-0.4, -0.2) is 59.1 Å². The van der Waals surface area contributed by atoms with Gasteiger partial charge in [0.2, 0.25) is 5.91 Å². The molecule has 1 rings (SSSR count). The molecule has 3 atom stereocenters. The average molecular weight is 396 g/mol. The summed E-state index contributed by atoms with van der Waals surface area (Å²) < 4.78 is 9.76. The summed E-state index contributed by atoms with van der Waals surface area (Å²) in [5.74, 6) is -1.45. The lowest BCUT2D eigenvalue weighted by molar-refractivity contribution is -0.148. The van der Waals surface area contributed by atoms with Gasteiger partial charge in [0, 0.05) is 6.42 Å². The smallest absolute Gasteiger partial charge is 0.408 e. The maximum atomic E-state index is 12.7. The first-order valence-corrected chi connectivity index (χ1v) is 8.76. The van der Waals surface area contributed by atoms with E-state index in [4.69, 9.17) is 4.74 Å². The number of amides is 2. The van der Waals surface area contributed by atoms with Crippen LogP contribution in [0.3, 0.4) is 0 Å². The second-order valence-electron chi connectivity index (χ2n) is 7.32. The van der Waals surface area contributed by atoms with Crippen LogP contribution in [-0.2, 0) is 25.5 Å². The number of alkyl carbamates (subject to hydrolysis) is 1. The summed E-state index contributed by atoms with van der Waals surface area (Å²) in [6, 6.07) is 3.71. The minimum Gasteiger partial charge on any atom is -0.508 e. The molecule has 0 spiro atoms. The van der Waals surface area contributed by atoms with Crippen molar-refractivity contribution in [1.82, 2.24) is 10.6 Å². The van der Waals surface area contributed by atoms with Gasteiger partial charge in [-0.1, -0.05) is 12.1 Å². The summed E-state index contributed by atoms with van der Waals surface area (Å²) in [6.45, 7) is 6.38. The summed E-state index contributed by atoms with van der Waals surface area (Å²) in [6.07, 6.45) is -1.94. The van der Waals surface area contributed by atoms with E-state index in [0.29, 0.717) is 5.56 Å². The molecule has 0 aliphatic heterocycles. The summed E-state index contributed by atoms with van der Waals surface area (Å²) >= 11 is 0. The number of phenolic OH excluding ortho intramolecular Hbond substituents is 1. The Kier molecular flexibility index (Phi) is 8.24. The monoisotopic (exact) mass is 396 g/mol. The van der Waals surface area contributed by atoms with Crippen LogP contribution in [0.5, 0.6) is 5.75 Å². The van der Waals surface area contributed by atoms with Crippen LogP contribution >= 0.6 is 0 Å². The number of phenols is 1. The number of carbonyl (C=O) groups is 3. The fourth-order valence-corrected chi connectivity index (χ4v) is 2.28. The summed E-state index contributed by atoms with van der Waals surface area (Å²) in [5, 5.41) is 24.0. The third kappa shape index (κ3) is 7.83. The van der Waals surface area contributed by atoms with Gasteiger partial charge < -0.3 is 30.3 Å². The number of esters is 1. The Morgan fingerprint density at radius 2 is 1.68 bits per heavy atom. The molecule has 9 nitrogen and oxygen atoms in total. The highest BCUT2D eigenvalue weighted by Crippen LogP contribution is 2.13. The molecule has 2 amide bonds. The summed E-state index contributed by atoms with van der Waals surface area (Å²) in [5.41, 5.74) is -0.113. The summed E-state index contributed by atoms with van der Waals surface area (Å²) in [4.78, 5) is 36.6. The molecule has 28 heavy (non-hydrogen) atoms. The van der Waals surface area contributed by atoms with Crippen molar-refractivity contribution < 1.29 is 34.1 Å². The fourth-order valence-electron chi connectivity index (χ4n) is 2.28. The number of rotatable bonds is 7. The lowest BCUT2D eigenvalue weighted by Gasteiger charge is -2.25. The van der Waals surface area contributed by atoms with E-state index < -0.39 is 41.8 Å². The van der Waals surface area contributed by atoms with Gasteiger partial charge >= 0.3 is 12.1 Å². The van der Waals surface area contributed by atoms with E-state index in [1.165, 1.54) is 19.1 Å². The zero-order chi connectivity index (χ0) is 21.5. The van der Waals surface area contributed by atoms with Crippen molar-refractivity contribution in [2.45, 2.75) is 57.9 Å². The first-order chi connectivity index (χ1) is 12.9. The largest absolute Gasteiger partial charge is 0.508 e. The second kappa shape index (κ2) is 9.93. The van der Waals surface area contributed by atoms with Gasteiger partial charge in [0.25, 0.3) is 0 Å². The molecule has 0 radical (unpaired) electrons. The highest BCUT2D eigenvalue weighted by molar-refractivity contribution is 5.90. The predicted molar refractivity (Wildman–Crippen MR) is 101 cm³/mol. The molecule has 0 saturated heterocycles. The van der Waals surface area contributed by atoms with Gasteiger partial charge in [-0.3, -0.25) is 4.79 Å². The molecule has 9 heteroatoms. The maximum Gasteiger partial charge on any atom is 0.408 e. The molecule has 0 bridgehead atoms. The van der Waals surface area contributed by atoms with Gasteiger partial charge in [0.15, 0.2) is 6.04 Å². The van der Waals surface area contributed by atoms with Crippen LogP contribution in [0.1, 0.15) is 33.3 Å². The van der Waals surface area contributed by atoms with Gasteiger partial charge in [-0.25, -0.2) is 9.59 Å². The number of hydrogen-bond donors (Lipinski definition) is 4. The van der Waals surface area contributed by atoms with E-state index in [1.807, 2.05) is 0 Å². The third-order valence-electron chi connectivity index (χ3n) is 3.62. The standard InChI is InChI=1S/C19H28N2O7/c1-11(22)15(17(25)27-5)21-16(24)14(20-18(26)28-19(2,3)4)10-12-6-8-13(23)9-7-12/h6-9,11,14-15,22-23H,10H2,1-5H3,(H,20,26)(H,21,24)/t11-,14+,15+/m1/s1. The molecule has 0 saturated carbocycles. The Balaban J connectivity index is 3.00. The predicted octanol–water partition coefficient (Wildman–Crippen LogP) is 0.867. The topological polar surface area (TPSA) is 134 Å². The zero-order valence-electron chi connectivity index (χ0n) is 16.7. The molecule has 4 N–H and O–H groups in total. The van der Waals surface area contributed by atoms with Crippen molar-refractivity contribution in [2.75, 3.05) is 7.11 Å². The van der Waals surface area contributed by atoms with E-state index in [1.54, 1.807) is 32.9 Å². The molecule has 0 aliphatic rings. The number of ether oxygens (including phenoxy) is 2. The van der Waals surface area contributed by atoms with Gasteiger partial charge in [0.1, 0.15) is 17.4 Å². The van der Waals surface area contributed by atoms with Gasteiger partial charge in [-0.2, -0.15) is 0 Å². The van der Waals surface area contributed by atoms with E-state index >= 15 is 0 Å². The van der Waals surface area contributed by atoms with Crippen LogP contribution in [0.25, 0.3) is 0 Å². The van der Waals surface area contributed by atoms with Gasteiger partial charge in [-0.05, 0) is 45.4 Å². The molecule has 0 heterocycles. The number of aliphatic hydroxyl groups excluding tert-OH is 1. The Morgan fingerprint density at radius 1 is 1.11 bits per heavy atom. The quantitative estimate of drug-likeness (QED) is 0.502. The van der Waals surface area contributed by atoms with Gasteiger partial charge in [-0.15, -0.1) is 0 Å². The molecular weight excluding hydrogens is 368 g/mol. The van der Waals surface area contributed by atoms with E-state index in [9.17, 15) is 24.6 Å². The normalized spacial score (nSPS) is 14.4. The molecule has 1 aromatic carbocycles. The lowest BCUT2D eigenvalue weighted by atomic mass is 10.0. The Hall–Kier alpha value is -2.81. The van der Waals surface area contributed by atoms with Crippen LogP contribution in [0.4, 0.5) is 4.79 Å². The number of methoxy groups -OCH3 is 1. The Bertz CT molecular complexity index is 681. The van der Waals surface area contributed by atoms with Crippen LogP contribution in [0.2, 0.25) is 0 Å². The minimum absolute atomic E-state index is 0.0599. The summed E-state index contributed by atoms with van der Waals surface area (Å²) in [7, 11) is 1.14. The van der Waals surface area contributed by atoms with Crippen LogP contribution in [0.15, 0.2) is 24.3 Å². The van der Waals surface area contributed by atoms with Crippen molar-refractivity contribution in [3.05, 3.63) is 29.8 Å². The highest BCUT2D eigenvalue weighted by Gasteiger charge is 2.31. The highest BCUT2D eigenvalue weighted by atomic mass is 16.6. The van der Waals surface area contributed by atoms with Crippen molar-refractivity contribution in [3.63, 3.8) is 0 Å².